The smallest absolute Gasteiger partial charge is 0.247 e. The summed E-state index contributed by atoms with van der Waals surface area (Å²) in [5.41, 5.74) is 2.73. The number of carbonyl (C=O) groups is 1. The number of benzene rings is 1. The maximum Gasteiger partial charge on any atom is 0.247 e. The Morgan fingerprint density at radius 1 is 1.20 bits per heavy atom. The predicted octanol–water partition coefficient (Wildman–Crippen LogP) is 4.55. The lowest BCUT2D eigenvalue weighted by atomic mass is 10.2. The van der Waals surface area contributed by atoms with E-state index in [9.17, 15) is 4.79 Å². The van der Waals surface area contributed by atoms with E-state index in [0.717, 1.165) is 16.8 Å². The van der Waals surface area contributed by atoms with Gasteiger partial charge in [0.05, 0.1) is 12.2 Å². The van der Waals surface area contributed by atoms with Crippen LogP contribution in [-0.4, -0.2) is 32.7 Å². The molecule has 0 unspecified atom stereocenters. The number of rotatable bonds is 6. The van der Waals surface area contributed by atoms with Gasteiger partial charge in [-0.2, -0.15) is 5.10 Å². The summed E-state index contributed by atoms with van der Waals surface area (Å²) >= 11 is 6.49. The average Bonchev–Trinajstić information content (AvgIpc) is 2.79. The fraction of sp³-hybridized carbons (Fsp3) is 0.400. The van der Waals surface area contributed by atoms with Gasteiger partial charge in [0.1, 0.15) is 5.15 Å². The molecule has 5 heteroatoms. The van der Waals surface area contributed by atoms with Crippen LogP contribution in [0.15, 0.2) is 36.4 Å². The van der Waals surface area contributed by atoms with Gasteiger partial charge in [0, 0.05) is 23.7 Å². The maximum atomic E-state index is 12.5. The molecule has 25 heavy (non-hydrogen) atoms. The van der Waals surface area contributed by atoms with Crippen LogP contribution in [0.25, 0.3) is 6.08 Å². The van der Waals surface area contributed by atoms with Gasteiger partial charge in [0.15, 0.2) is 0 Å². The molecule has 134 valence electrons. The van der Waals surface area contributed by atoms with Crippen LogP contribution in [0.5, 0.6) is 0 Å². The Balaban J connectivity index is 2.21. The number of hydrogen-bond donors (Lipinski definition) is 0. The topological polar surface area (TPSA) is 38.1 Å². The summed E-state index contributed by atoms with van der Waals surface area (Å²) < 4.78 is 1.76. The van der Waals surface area contributed by atoms with Crippen molar-refractivity contribution in [1.82, 2.24) is 14.7 Å². The molecular formula is C20H26ClN3O. The highest BCUT2D eigenvalue weighted by atomic mass is 35.5. The zero-order chi connectivity index (χ0) is 18.6. The van der Waals surface area contributed by atoms with Crippen LogP contribution >= 0.6 is 11.6 Å². The van der Waals surface area contributed by atoms with E-state index in [1.807, 2.05) is 69.9 Å². The zero-order valence-corrected chi connectivity index (χ0v) is 16.3. The molecule has 0 fully saturated rings. The molecule has 1 heterocycles. The third-order valence-electron chi connectivity index (χ3n) is 4.04. The minimum atomic E-state index is -0.0173. The van der Waals surface area contributed by atoms with E-state index in [4.69, 9.17) is 11.6 Å². The predicted molar refractivity (Wildman–Crippen MR) is 104 cm³/mol. The van der Waals surface area contributed by atoms with Crippen LogP contribution in [0.1, 0.15) is 44.5 Å². The molecule has 2 aromatic rings. The molecule has 0 aliphatic rings. The summed E-state index contributed by atoms with van der Waals surface area (Å²) in [6, 6.07) is 10.3. The molecular weight excluding hydrogens is 334 g/mol. The largest absolute Gasteiger partial charge is 0.334 e. The normalized spacial score (nSPS) is 11.7. The second-order valence-electron chi connectivity index (χ2n) is 6.70. The number of nitrogens with zero attached hydrogens (tertiary/aromatic N) is 3. The molecule has 1 aromatic carbocycles. The van der Waals surface area contributed by atoms with Gasteiger partial charge >= 0.3 is 0 Å². The molecule has 0 aliphatic heterocycles. The second-order valence-corrected chi connectivity index (χ2v) is 7.06. The Hall–Kier alpha value is -2.07. The van der Waals surface area contributed by atoms with Gasteiger partial charge in [-0.25, -0.2) is 4.68 Å². The number of hydrogen-bond acceptors (Lipinski definition) is 2. The molecule has 2 rings (SSSR count). The van der Waals surface area contributed by atoms with E-state index < -0.39 is 0 Å². The van der Waals surface area contributed by atoms with E-state index in [1.165, 1.54) is 0 Å². The summed E-state index contributed by atoms with van der Waals surface area (Å²) in [7, 11) is 0. The number of carbonyl (C=O) groups excluding carboxylic acids is 1. The van der Waals surface area contributed by atoms with E-state index in [1.54, 1.807) is 16.8 Å². The number of amides is 1. The highest BCUT2D eigenvalue weighted by Gasteiger charge is 2.18. The van der Waals surface area contributed by atoms with Crippen molar-refractivity contribution < 1.29 is 4.79 Å². The van der Waals surface area contributed by atoms with Crippen LogP contribution in [0.4, 0.5) is 0 Å². The molecule has 1 aromatic heterocycles. The van der Waals surface area contributed by atoms with Gasteiger partial charge in [-0.05, 0) is 46.3 Å². The van der Waals surface area contributed by atoms with Crippen molar-refractivity contribution >= 4 is 23.6 Å². The van der Waals surface area contributed by atoms with Crippen molar-refractivity contribution in [2.45, 2.75) is 53.2 Å². The summed E-state index contributed by atoms with van der Waals surface area (Å²) in [6.07, 6.45) is 3.36. The minimum absolute atomic E-state index is 0.0173. The van der Waals surface area contributed by atoms with Gasteiger partial charge in [-0.1, -0.05) is 41.9 Å². The van der Waals surface area contributed by atoms with E-state index in [-0.39, 0.29) is 18.0 Å². The van der Waals surface area contributed by atoms with Crippen LogP contribution in [0, 0.1) is 6.92 Å². The highest BCUT2D eigenvalue weighted by molar-refractivity contribution is 6.31. The van der Waals surface area contributed by atoms with Gasteiger partial charge in [-0.3, -0.25) is 4.79 Å². The molecule has 0 spiro atoms. The fourth-order valence-corrected chi connectivity index (χ4v) is 3.26. The molecule has 0 bridgehead atoms. The van der Waals surface area contributed by atoms with E-state index in [2.05, 4.69) is 5.10 Å². The van der Waals surface area contributed by atoms with Crippen molar-refractivity contribution in [2.75, 3.05) is 0 Å². The molecule has 0 N–H and O–H groups in total. The van der Waals surface area contributed by atoms with Crippen molar-refractivity contribution in [1.29, 1.82) is 0 Å². The lowest BCUT2D eigenvalue weighted by Gasteiger charge is -2.29. The molecule has 0 atom stereocenters. The summed E-state index contributed by atoms with van der Waals surface area (Å²) in [4.78, 5) is 14.3. The van der Waals surface area contributed by atoms with Crippen molar-refractivity contribution in [2.24, 2.45) is 0 Å². The summed E-state index contributed by atoms with van der Waals surface area (Å²) in [5.74, 6) is -0.0173. The molecule has 4 nitrogen and oxygen atoms in total. The van der Waals surface area contributed by atoms with Crippen LogP contribution in [0.3, 0.4) is 0 Å². The maximum absolute atomic E-state index is 12.5. The SMILES string of the molecule is Cc1nn(Cc2ccccc2)c(Cl)c1C=CC(=O)N(C(C)C)C(C)C. The summed E-state index contributed by atoms with van der Waals surface area (Å²) in [6.45, 7) is 10.6. The molecule has 0 saturated heterocycles. The summed E-state index contributed by atoms with van der Waals surface area (Å²) in [5, 5.41) is 5.05. The Morgan fingerprint density at radius 2 is 1.80 bits per heavy atom. The lowest BCUT2D eigenvalue weighted by Crippen LogP contribution is -2.41. The minimum Gasteiger partial charge on any atom is -0.334 e. The van der Waals surface area contributed by atoms with Gasteiger partial charge in [0.2, 0.25) is 5.91 Å². The Morgan fingerprint density at radius 3 is 2.36 bits per heavy atom. The molecule has 0 radical (unpaired) electrons. The third-order valence-corrected chi connectivity index (χ3v) is 4.44. The van der Waals surface area contributed by atoms with Crippen molar-refractivity contribution in [3.05, 3.63) is 58.4 Å². The third kappa shape index (κ3) is 4.73. The number of aryl methyl sites for hydroxylation is 1. The molecule has 0 aliphatic carbocycles. The first-order valence-corrected chi connectivity index (χ1v) is 8.96. The van der Waals surface area contributed by atoms with Crippen LogP contribution < -0.4 is 0 Å². The van der Waals surface area contributed by atoms with Gasteiger partial charge < -0.3 is 4.90 Å². The van der Waals surface area contributed by atoms with E-state index in [0.29, 0.717) is 11.7 Å². The van der Waals surface area contributed by atoms with Crippen molar-refractivity contribution in [3.8, 4) is 0 Å². The monoisotopic (exact) mass is 359 g/mol. The fourth-order valence-electron chi connectivity index (χ4n) is 2.96. The van der Waals surface area contributed by atoms with Crippen LogP contribution in [0.2, 0.25) is 5.15 Å². The first-order valence-electron chi connectivity index (χ1n) is 8.58. The van der Waals surface area contributed by atoms with Crippen molar-refractivity contribution in [3.63, 3.8) is 0 Å². The van der Waals surface area contributed by atoms with E-state index >= 15 is 0 Å². The first kappa shape index (κ1) is 19.3. The molecule has 1 amide bonds. The van der Waals surface area contributed by atoms with Gasteiger partial charge in [0.25, 0.3) is 0 Å². The second kappa shape index (κ2) is 8.34. The van der Waals surface area contributed by atoms with Crippen LogP contribution in [-0.2, 0) is 11.3 Å². The Labute approximate surface area is 155 Å². The highest BCUT2D eigenvalue weighted by Crippen LogP contribution is 2.22. The standard InChI is InChI=1S/C20H26ClN3O/c1-14(2)24(15(3)4)19(25)12-11-18-16(5)22-23(20(18)21)13-17-9-7-6-8-10-17/h6-12,14-15H,13H2,1-5H3. The quantitative estimate of drug-likeness (QED) is 0.709. The Bertz CT molecular complexity index is 740. The number of halogens is 1. The Kier molecular flexibility index (Phi) is 6.43. The lowest BCUT2D eigenvalue weighted by molar-refractivity contribution is -0.129. The average molecular weight is 360 g/mol. The van der Waals surface area contributed by atoms with Gasteiger partial charge in [-0.15, -0.1) is 0 Å². The molecule has 0 saturated carbocycles. The number of aromatic nitrogens is 2. The first-order chi connectivity index (χ1) is 11.8. The zero-order valence-electron chi connectivity index (χ0n) is 15.5.